The summed E-state index contributed by atoms with van der Waals surface area (Å²) in [5.74, 6) is 0. The van der Waals surface area contributed by atoms with Gasteiger partial charge < -0.3 is 10.1 Å². The molecule has 4 nitrogen and oxygen atoms in total. The van der Waals surface area contributed by atoms with Crippen molar-refractivity contribution in [3.8, 4) is 0 Å². The Morgan fingerprint density at radius 3 is 2.67 bits per heavy atom. The number of nitrogens with one attached hydrogen (secondary N) is 1. The van der Waals surface area contributed by atoms with Crippen molar-refractivity contribution in [3.63, 3.8) is 0 Å². The van der Waals surface area contributed by atoms with Gasteiger partial charge in [-0.05, 0) is 39.8 Å². The van der Waals surface area contributed by atoms with Crippen LogP contribution in [-0.2, 0) is 18.2 Å². The molecule has 1 unspecified atom stereocenters. The molecule has 4 heteroatoms. The average molecular weight is 253 g/mol. The molecular weight excluding hydrogens is 226 g/mol. The number of rotatable bonds is 8. The molecule has 1 aromatic rings. The molecule has 0 aliphatic carbocycles. The van der Waals surface area contributed by atoms with E-state index in [4.69, 9.17) is 4.74 Å². The smallest absolute Gasteiger partial charge is 0.0626 e. The van der Waals surface area contributed by atoms with Gasteiger partial charge in [-0.3, -0.25) is 4.68 Å². The molecule has 0 radical (unpaired) electrons. The van der Waals surface area contributed by atoms with Crippen LogP contribution in [-0.4, -0.2) is 35.1 Å². The fourth-order valence-electron chi connectivity index (χ4n) is 1.95. The Balaban J connectivity index is 2.56. The quantitative estimate of drug-likeness (QED) is 0.771. The number of nitrogens with zero attached hydrogens (tertiary/aromatic N) is 2. The second kappa shape index (κ2) is 7.54. The van der Waals surface area contributed by atoms with Crippen molar-refractivity contribution < 1.29 is 4.74 Å². The van der Waals surface area contributed by atoms with Crippen molar-refractivity contribution in [2.75, 3.05) is 13.2 Å². The average Bonchev–Trinajstić information content (AvgIpc) is 2.61. The van der Waals surface area contributed by atoms with Gasteiger partial charge in [0.2, 0.25) is 0 Å². The highest BCUT2D eigenvalue weighted by atomic mass is 16.5. The van der Waals surface area contributed by atoms with E-state index in [9.17, 15) is 0 Å². The Kier molecular flexibility index (Phi) is 6.36. The number of aryl methyl sites for hydroxylation is 2. The molecule has 0 spiro atoms. The number of ether oxygens (including phenoxy) is 1. The first-order valence-electron chi connectivity index (χ1n) is 6.87. The summed E-state index contributed by atoms with van der Waals surface area (Å²) < 4.78 is 7.69. The SMILES string of the molecule is CCCNC(COC(C)C)Cc1cc(C)nn1C. The van der Waals surface area contributed by atoms with Gasteiger partial charge in [0.15, 0.2) is 0 Å². The second-order valence-electron chi connectivity index (χ2n) is 5.14. The lowest BCUT2D eigenvalue weighted by atomic mass is 10.1. The van der Waals surface area contributed by atoms with Crippen LogP contribution in [0.4, 0.5) is 0 Å². The van der Waals surface area contributed by atoms with Crippen molar-refractivity contribution in [2.24, 2.45) is 7.05 Å². The van der Waals surface area contributed by atoms with Gasteiger partial charge in [-0.1, -0.05) is 6.92 Å². The zero-order chi connectivity index (χ0) is 13.5. The van der Waals surface area contributed by atoms with Gasteiger partial charge in [-0.15, -0.1) is 0 Å². The molecule has 1 aromatic heterocycles. The molecule has 0 bridgehead atoms. The minimum atomic E-state index is 0.282. The van der Waals surface area contributed by atoms with Crippen LogP contribution < -0.4 is 5.32 Å². The summed E-state index contributed by atoms with van der Waals surface area (Å²) in [4.78, 5) is 0. The van der Waals surface area contributed by atoms with E-state index < -0.39 is 0 Å². The third-order valence-electron chi connectivity index (χ3n) is 2.87. The largest absolute Gasteiger partial charge is 0.377 e. The van der Waals surface area contributed by atoms with Crippen LogP contribution in [0, 0.1) is 6.92 Å². The highest BCUT2D eigenvalue weighted by molar-refractivity contribution is 5.10. The van der Waals surface area contributed by atoms with Crippen LogP contribution >= 0.6 is 0 Å². The van der Waals surface area contributed by atoms with E-state index in [2.05, 4.69) is 37.3 Å². The fraction of sp³-hybridized carbons (Fsp3) is 0.786. The Hall–Kier alpha value is -0.870. The topological polar surface area (TPSA) is 39.1 Å². The summed E-state index contributed by atoms with van der Waals surface area (Å²) in [5.41, 5.74) is 2.33. The number of hydrogen-bond acceptors (Lipinski definition) is 3. The normalized spacial score (nSPS) is 13.2. The zero-order valence-electron chi connectivity index (χ0n) is 12.4. The third-order valence-corrected chi connectivity index (χ3v) is 2.87. The highest BCUT2D eigenvalue weighted by Crippen LogP contribution is 2.06. The van der Waals surface area contributed by atoms with Crippen molar-refractivity contribution in [1.82, 2.24) is 15.1 Å². The van der Waals surface area contributed by atoms with Crippen molar-refractivity contribution in [1.29, 1.82) is 0 Å². The minimum absolute atomic E-state index is 0.282. The molecule has 104 valence electrons. The molecule has 1 rings (SSSR count). The van der Waals surface area contributed by atoms with Gasteiger partial charge in [0.25, 0.3) is 0 Å². The number of hydrogen-bond donors (Lipinski definition) is 1. The van der Waals surface area contributed by atoms with Gasteiger partial charge in [0, 0.05) is 25.2 Å². The van der Waals surface area contributed by atoms with Crippen molar-refractivity contribution in [2.45, 2.75) is 52.7 Å². The van der Waals surface area contributed by atoms with Crippen LogP contribution in [0.15, 0.2) is 6.07 Å². The summed E-state index contributed by atoms with van der Waals surface area (Å²) in [6.07, 6.45) is 2.39. The third kappa shape index (κ3) is 5.19. The van der Waals surface area contributed by atoms with E-state index in [-0.39, 0.29) is 6.10 Å². The van der Waals surface area contributed by atoms with Crippen molar-refractivity contribution in [3.05, 3.63) is 17.5 Å². The summed E-state index contributed by atoms with van der Waals surface area (Å²) in [5, 5.41) is 7.93. The monoisotopic (exact) mass is 253 g/mol. The highest BCUT2D eigenvalue weighted by Gasteiger charge is 2.13. The molecule has 0 saturated heterocycles. The summed E-state index contributed by atoms with van der Waals surface area (Å²) in [7, 11) is 2.00. The maximum absolute atomic E-state index is 5.73. The van der Waals surface area contributed by atoms with E-state index in [0.717, 1.165) is 31.7 Å². The van der Waals surface area contributed by atoms with Gasteiger partial charge in [0.1, 0.15) is 0 Å². The van der Waals surface area contributed by atoms with Crippen LogP contribution in [0.25, 0.3) is 0 Å². The summed E-state index contributed by atoms with van der Waals surface area (Å²) >= 11 is 0. The summed E-state index contributed by atoms with van der Waals surface area (Å²) in [6, 6.07) is 2.51. The molecule has 0 aliphatic heterocycles. The van der Waals surface area contributed by atoms with Crippen LogP contribution in [0.5, 0.6) is 0 Å². The first kappa shape index (κ1) is 15.2. The molecule has 1 heterocycles. The Labute approximate surface area is 111 Å². The lowest BCUT2D eigenvalue weighted by Gasteiger charge is -2.20. The molecule has 0 amide bonds. The standard InChI is InChI=1S/C14H27N3O/c1-6-7-15-13(10-18-11(2)3)9-14-8-12(4)16-17(14)5/h8,11,13,15H,6-7,9-10H2,1-5H3. The Bertz CT molecular complexity index is 347. The van der Waals surface area contributed by atoms with Crippen LogP contribution in [0.3, 0.4) is 0 Å². The molecule has 0 aromatic carbocycles. The first-order valence-corrected chi connectivity index (χ1v) is 6.87. The van der Waals surface area contributed by atoms with Gasteiger partial charge in [0.05, 0.1) is 18.4 Å². The number of aromatic nitrogens is 2. The van der Waals surface area contributed by atoms with Crippen LogP contribution in [0.1, 0.15) is 38.6 Å². The van der Waals surface area contributed by atoms with E-state index >= 15 is 0 Å². The molecular formula is C14H27N3O. The van der Waals surface area contributed by atoms with Gasteiger partial charge in [-0.2, -0.15) is 5.10 Å². The molecule has 0 saturated carbocycles. The molecule has 1 N–H and O–H groups in total. The first-order chi connectivity index (χ1) is 8.52. The second-order valence-corrected chi connectivity index (χ2v) is 5.14. The predicted octanol–water partition coefficient (Wildman–Crippen LogP) is 2.06. The zero-order valence-corrected chi connectivity index (χ0v) is 12.4. The predicted molar refractivity (Wildman–Crippen MR) is 74.8 cm³/mol. The molecule has 0 aliphatic rings. The van der Waals surface area contributed by atoms with Crippen molar-refractivity contribution >= 4 is 0 Å². The molecule has 0 fully saturated rings. The maximum Gasteiger partial charge on any atom is 0.0626 e. The van der Waals surface area contributed by atoms with E-state index in [1.54, 1.807) is 0 Å². The molecule has 18 heavy (non-hydrogen) atoms. The maximum atomic E-state index is 5.73. The van der Waals surface area contributed by atoms with Gasteiger partial charge >= 0.3 is 0 Å². The lowest BCUT2D eigenvalue weighted by Crippen LogP contribution is -2.37. The Morgan fingerprint density at radius 1 is 1.44 bits per heavy atom. The molecule has 1 atom stereocenters. The lowest BCUT2D eigenvalue weighted by molar-refractivity contribution is 0.0609. The van der Waals surface area contributed by atoms with Crippen LogP contribution in [0.2, 0.25) is 0 Å². The van der Waals surface area contributed by atoms with E-state index in [1.807, 2.05) is 18.7 Å². The van der Waals surface area contributed by atoms with E-state index in [1.165, 1.54) is 5.69 Å². The Morgan fingerprint density at radius 2 is 2.17 bits per heavy atom. The van der Waals surface area contributed by atoms with Gasteiger partial charge in [-0.25, -0.2) is 0 Å². The fourth-order valence-corrected chi connectivity index (χ4v) is 1.95. The minimum Gasteiger partial charge on any atom is -0.377 e. The van der Waals surface area contributed by atoms with E-state index in [0.29, 0.717) is 6.04 Å². The summed E-state index contributed by atoms with van der Waals surface area (Å²) in [6.45, 7) is 10.1.